The first kappa shape index (κ1) is 55.7. The van der Waals surface area contributed by atoms with Gasteiger partial charge in [0.05, 0.1) is 51.6 Å². The van der Waals surface area contributed by atoms with Gasteiger partial charge in [0, 0.05) is 37.2 Å². The number of aromatic nitrogens is 3. The number of aliphatic hydroxyl groups excluding tert-OH is 1. The summed E-state index contributed by atoms with van der Waals surface area (Å²) in [4.78, 5) is 88.8. The first-order valence-electron chi connectivity index (χ1n) is 27.2. The molecule has 10 rings (SSSR count). The van der Waals surface area contributed by atoms with Gasteiger partial charge >= 0.3 is 5.97 Å². The van der Waals surface area contributed by atoms with Crippen molar-refractivity contribution in [2.75, 3.05) is 49.5 Å². The highest BCUT2D eigenvalue weighted by Crippen LogP contribution is 2.36. The lowest BCUT2D eigenvalue weighted by molar-refractivity contribution is -0.144. The van der Waals surface area contributed by atoms with Crippen LogP contribution >= 0.6 is 22.7 Å². The Labute approximate surface area is 473 Å². The van der Waals surface area contributed by atoms with Crippen LogP contribution in [0, 0.1) is 25.2 Å². The maximum atomic E-state index is 14.4. The first-order chi connectivity index (χ1) is 38.4. The van der Waals surface area contributed by atoms with Gasteiger partial charge in [0.2, 0.25) is 17.7 Å². The van der Waals surface area contributed by atoms with Crippen LogP contribution in [-0.2, 0) is 27.3 Å². The number of hydrogen-bond acceptors (Lipinski definition) is 14. The van der Waals surface area contributed by atoms with E-state index in [0.717, 1.165) is 61.4 Å². The van der Waals surface area contributed by atoms with Crippen molar-refractivity contribution < 1.29 is 38.9 Å². The molecule has 416 valence electrons. The number of β-amino-alcohol motifs (C(OH)–C–C–N with tert-alkyl or cyclic N) is 1. The Kier molecular flexibility index (Phi) is 16.5. The van der Waals surface area contributed by atoms with Crippen molar-refractivity contribution in [1.82, 2.24) is 35.4 Å². The molecule has 17 nitrogen and oxygen atoms in total. The minimum absolute atomic E-state index is 0.0157. The van der Waals surface area contributed by atoms with Crippen LogP contribution in [0.1, 0.15) is 102 Å². The normalized spacial score (nSPS) is 17.6. The number of aliphatic hydroxyl groups is 1. The smallest absolute Gasteiger partial charge is 0.355 e. The topological polar surface area (TPSA) is 220 Å². The summed E-state index contributed by atoms with van der Waals surface area (Å²) in [5.74, 6) is -1.15. The molecule has 0 spiro atoms. The Hall–Kier alpha value is -7.58. The number of carboxylic acid groups (broad SMARTS) is 1. The van der Waals surface area contributed by atoms with Crippen LogP contribution in [-0.4, -0.2) is 122 Å². The second-order valence-electron chi connectivity index (χ2n) is 22.3. The molecule has 3 aliphatic rings. The number of nitrogens with zero attached hydrogens (tertiary/aromatic N) is 6. The number of aromatic carboxylic acids is 1. The van der Waals surface area contributed by atoms with Gasteiger partial charge in [0.25, 0.3) is 5.91 Å². The number of anilines is 2. The van der Waals surface area contributed by atoms with Crippen LogP contribution in [0.15, 0.2) is 103 Å². The Balaban J connectivity index is 0.723. The lowest BCUT2D eigenvalue weighted by Gasteiger charge is -2.36. The fraction of sp³-hybridized carbons (Fsp3) is 0.377. The second-order valence-corrected chi connectivity index (χ2v) is 24.2. The second kappa shape index (κ2) is 23.6. The number of likely N-dealkylation sites (tertiary alicyclic amines) is 2. The fourth-order valence-electron chi connectivity index (χ4n) is 11.1. The standard InChI is InChI=1S/C61H67N9O8S2/c1-35-43(44-21-22-51(65-53(44)59(76)77)69-28-25-40-11-9-13-45(46(40)31-69)56(73)67-60-64-47-14-7-8-16-50(47)80-60)12-10-15-49(35)78-33-38-23-26-68(27-24-38)32-52(72)66-55(61(4,5)6)58(75)70-30-42(71)29-48(70)57(74)63-36(2)39-17-19-41(20-18-39)54-37(3)62-34-79-54/h7-22,34,36,38,42,48,55,71H,23-33H2,1-6H3,(H,63,74)(H,66,72)(H,76,77)(H,64,67,73). The number of carboxylic acids is 1. The zero-order valence-electron chi connectivity index (χ0n) is 45.8. The molecule has 4 unspecified atom stereocenters. The Morgan fingerprint density at radius 2 is 1.62 bits per heavy atom. The van der Waals surface area contributed by atoms with E-state index in [9.17, 15) is 34.2 Å². The van der Waals surface area contributed by atoms with Crippen LogP contribution in [0.3, 0.4) is 0 Å². The van der Waals surface area contributed by atoms with Crippen LogP contribution in [0.4, 0.5) is 10.9 Å². The van der Waals surface area contributed by atoms with E-state index in [2.05, 4.69) is 30.8 Å². The zero-order valence-corrected chi connectivity index (χ0v) is 47.5. The monoisotopic (exact) mass is 1120 g/mol. The lowest BCUT2D eigenvalue weighted by atomic mass is 9.85. The van der Waals surface area contributed by atoms with Gasteiger partial charge in [-0.25, -0.2) is 19.7 Å². The number of ether oxygens (including phenoxy) is 1. The van der Waals surface area contributed by atoms with E-state index in [1.807, 2.05) is 137 Å². The molecule has 80 heavy (non-hydrogen) atoms. The third-order valence-electron chi connectivity index (χ3n) is 15.6. The number of nitrogens with one attached hydrogen (secondary N) is 3. The number of carbonyl (C=O) groups is 5. The van der Waals surface area contributed by atoms with Gasteiger partial charge in [-0.15, -0.1) is 11.3 Å². The molecule has 2 saturated heterocycles. The Morgan fingerprint density at radius 3 is 2.35 bits per heavy atom. The van der Waals surface area contributed by atoms with Gasteiger partial charge in [-0.05, 0) is 134 Å². The van der Waals surface area contributed by atoms with Crippen LogP contribution in [0.5, 0.6) is 5.75 Å². The van der Waals surface area contributed by atoms with Gasteiger partial charge in [-0.3, -0.25) is 29.4 Å². The molecular formula is C61H67N9O8S2. The summed E-state index contributed by atoms with van der Waals surface area (Å²) in [6.45, 7) is 14.2. The van der Waals surface area contributed by atoms with Crippen molar-refractivity contribution in [2.45, 2.75) is 98.0 Å². The van der Waals surface area contributed by atoms with Crippen LogP contribution in [0.25, 0.3) is 31.8 Å². The average molecular weight is 1120 g/mol. The van der Waals surface area contributed by atoms with Crippen molar-refractivity contribution in [1.29, 1.82) is 0 Å². The van der Waals surface area contributed by atoms with E-state index < -0.39 is 35.5 Å². The van der Waals surface area contributed by atoms with Crippen molar-refractivity contribution in [3.8, 4) is 27.3 Å². The summed E-state index contributed by atoms with van der Waals surface area (Å²) in [6.07, 6.45) is 1.41. The van der Waals surface area contributed by atoms with E-state index in [4.69, 9.17) is 9.72 Å². The number of rotatable bonds is 16. The molecule has 0 radical (unpaired) electrons. The molecule has 7 aromatic rings. The van der Waals surface area contributed by atoms with Gasteiger partial charge in [0.1, 0.15) is 23.7 Å². The Bertz CT molecular complexity index is 3420. The third-order valence-corrected chi connectivity index (χ3v) is 17.6. The highest BCUT2D eigenvalue weighted by Gasteiger charge is 2.45. The summed E-state index contributed by atoms with van der Waals surface area (Å²) in [6, 6.07) is 28.4. The largest absolute Gasteiger partial charge is 0.493 e. The quantitative estimate of drug-likeness (QED) is 0.0611. The SMILES string of the molecule is Cc1ncsc1-c1ccc(C(C)NC(=O)C2CC(O)CN2C(=O)C(NC(=O)CN2CCC(COc3cccc(-c4ccc(N5CCc6cccc(C(=O)Nc7nc8ccccc8s7)c6C5)nc4C(=O)O)c3C)CC2)C(C)(C)C)cc1. The van der Waals surface area contributed by atoms with Gasteiger partial charge < -0.3 is 35.4 Å². The van der Waals surface area contributed by atoms with Gasteiger partial charge in [0.15, 0.2) is 10.8 Å². The summed E-state index contributed by atoms with van der Waals surface area (Å²) in [7, 11) is 0. The number of pyridine rings is 1. The maximum Gasteiger partial charge on any atom is 0.355 e. The molecule has 0 aliphatic carbocycles. The molecule has 4 aromatic carbocycles. The van der Waals surface area contributed by atoms with Gasteiger partial charge in [-0.1, -0.05) is 92.8 Å². The third kappa shape index (κ3) is 12.3. The maximum absolute atomic E-state index is 14.4. The van der Waals surface area contributed by atoms with Crippen molar-refractivity contribution in [3.05, 3.63) is 142 Å². The summed E-state index contributed by atoms with van der Waals surface area (Å²) in [5.41, 5.74) is 9.15. The molecule has 4 atom stereocenters. The van der Waals surface area contributed by atoms with E-state index >= 15 is 0 Å². The highest BCUT2D eigenvalue weighted by molar-refractivity contribution is 7.22. The molecule has 6 heterocycles. The minimum atomic E-state index is -1.16. The number of amides is 4. The predicted octanol–water partition coefficient (Wildman–Crippen LogP) is 9.07. The number of para-hydroxylation sites is 1. The molecule has 19 heteroatoms. The molecule has 2 fully saturated rings. The number of thiazole rings is 2. The summed E-state index contributed by atoms with van der Waals surface area (Å²) < 4.78 is 7.43. The van der Waals surface area contributed by atoms with Crippen molar-refractivity contribution >= 4 is 73.4 Å². The molecule has 3 aliphatic heterocycles. The number of benzene rings is 4. The van der Waals surface area contributed by atoms with E-state index in [1.54, 1.807) is 23.5 Å². The number of piperidine rings is 1. The fourth-order valence-corrected chi connectivity index (χ4v) is 12.8. The van der Waals surface area contributed by atoms with Crippen LogP contribution in [0.2, 0.25) is 0 Å². The molecule has 5 N–H and O–H groups in total. The number of hydrogen-bond donors (Lipinski definition) is 5. The first-order valence-corrected chi connectivity index (χ1v) is 28.9. The summed E-state index contributed by atoms with van der Waals surface area (Å²) >= 11 is 2.99. The summed E-state index contributed by atoms with van der Waals surface area (Å²) in [5, 5.41) is 30.9. The van der Waals surface area contributed by atoms with Gasteiger partial charge in [-0.2, -0.15) is 0 Å². The van der Waals surface area contributed by atoms with E-state index in [0.29, 0.717) is 72.6 Å². The number of carbonyl (C=O) groups excluding carboxylic acids is 4. The lowest BCUT2D eigenvalue weighted by Crippen LogP contribution is -2.59. The Morgan fingerprint density at radius 1 is 0.863 bits per heavy atom. The van der Waals surface area contributed by atoms with Crippen LogP contribution < -0.4 is 25.6 Å². The molecular weight excluding hydrogens is 1050 g/mol. The van der Waals surface area contributed by atoms with E-state index in [1.165, 1.54) is 16.2 Å². The highest BCUT2D eigenvalue weighted by atomic mass is 32.1. The van der Waals surface area contributed by atoms with E-state index in [-0.39, 0.29) is 54.9 Å². The van der Waals surface area contributed by atoms with Crippen molar-refractivity contribution in [2.24, 2.45) is 11.3 Å². The zero-order chi connectivity index (χ0) is 56.4. The molecule has 0 saturated carbocycles. The molecule has 0 bridgehead atoms. The predicted molar refractivity (Wildman–Crippen MR) is 311 cm³/mol. The number of fused-ring (bicyclic) bond motifs is 2. The van der Waals surface area contributed by atoms with Crippen molar-refractivity contribution in [3.63, 3.8) is 0 Å². The average Bonchev–Trinajstić information content (AvgIpc) is 4.23. The number of aryl methyl sites for hydroxylation is 1. The minimum Gasteiger partial charge on any atom is -0.493 e. The molecule has 3 aromatic heterocycles. The molecule has 4 amide bonds.